The predicted molar refractivity (Wildman–Crippen MR) is 125 cm³/mol. The minimum Gasteiger partial charge on any atom is -0.496 e. The number of nitrogens with zero attached hydrogens (tertiary/aromatic N) is 3. The molecule has 31 heavy (non-hydrogen) atoms. The van der Waals surface area contributed by atoms with Crippen molar-refractivity contribution in [1.29, 1.82) is 0 Å². The van der Waals surface area contributed by atoms with E-state index in [2.05, 4.69) is 65.0 Å². The third-order valence-corrected chi connectivity index (χ3v) is 6.76. The molecular weight excluding hydrogens is 386 g/mol. The molecule has 1 aromatic heterocycles. The maximum absolute atomic E-state index is 9.72. The number of methoxy groups -OCH3 is 1. The first kappa shape index (κ1) is 21.8. The lowest BCUT2D eigenvalue weighted by molar-refractivity contribution is 0.0500. The molecule has 0 spiro atoms. The molecule has 4 rings (SSSR count). The van der Waals surface area contributed by atoms with Gasteiger partial charge < -0.3 is 9.84 Å². The van der Waals surface area contributed by atoms with Gasteiger partial charge in [-0.15, -0.1) is 0 Å². The Morgan fingerprint density at radius 1 is 1.03 bits per heavy atom. The van der Waals surface area contributed by atoms with Gasteiger partial charge in [-0.25, -0.2) is 0 Å². The van der Waals surface area contributed by atoms with Crippen molar-refractivity contribution in [1.82, 2.24) is 14.8 Å². The van der Waals surface area contributed by atoms with E-state index in [4.69, 9.17) is 4.74 Å². The Balaban J connectivity index is 1.48. The highest BCUT2D eigenvalue weighted by atomic mass is 16.5. The van der Waals surface area contributed by atoms with Crippen LogP contribution in [0.2, 0.25) is 0 Å². The van der Waals surface area contributed by atoms with Crippen LogP contribution in [0.3, 0.4) is 0 Å². The molecular formula is C26H33N3O2. The highest BCUT2D eigenvalue weighted by molar-refractivity contribution is 5.84. The molecule has 1 saturated heterocycles. The van der Waals surface area contributed by atoms with Crippen LogP contribution in [0.5, 0.6) is 5.75 Å². The number of hydrogen-bond acceptors (Lipinski definition) is 5. The lowest BCUT2D eigenvalue weighted by Crippen LogP contribution is -2.52. The molecule has 1 aliphatic rings. The van der Waals surface area contributed by atoms with E-state index in [9.17, 15) is 5.11 Å². The number of benzene rings is 2. The summed E-state index contributed by atoms with van der Waals surface area (Å²) < 4.78 is 5.47. The van der Waals surface area contributed by atoms with E-state index < -0.39 is 0 Å². The first-order chi connectivity index (χ1) is 15.1. The van der Waals surface area contributed by atoms with Crippen LogP contribution in [-0.2, 0) is 13.1 Å². The molecule has 0 radical (unpaired) electrons. The van der Waals surface area contributed by atoms with Crippen molar-refractivity contribution in [2.45, 2.75) is 39.4 Å². The van der Waals surface area contributed by atoms with E-state index in [-0.39, 0.29) is 6.61 Å². The summed E-state index contributed by atoms with van der Waals surface area (Å²) in [7, 11) is 1.73. The fraction of sp³-hybridized carbons (Fsp3) is 0.423. The van der Waals surface area contributed by atoms with Crippen LogP contribution in [0.1, 0.15) is 28.7 Å². The van der Waals surface area contributed by atoms with Gasteiger partial charge in [0.15, 0.2) is 0 Å². The second-order valence-electron chi connectivity index (χ2n) is 8.56. The number of rotatable bonds is 7. The molecule has 1 atom stereocenters. The largest absolute Gasteiger partial charge is 0.496 e. The second kappa shape index (κ2) is 9.77. The molecule has 5 heteroatoms. The van der Waals surface area contributed by atoms with Crippen molar-refractivity contribution in [2.24, 2.45) is 0 Å². The lowest BCUT2D eigenvalue weighted by Gasteiger charge is -2.42. The highest BCUT2D eigenvalue weighted by Crippen LogP contribution is 2.27. The number of fused-ring (bicyclic) bond motifs is 1. The van der Waals surface area contributed by atoms with Crippen LogP contribution < -0.4 is 4.74 Å². The van der Waals surface area contributed by atoms with Gasteiger partial charge in [0.25, 0.3) is 0 Å². The average Bonchev–Trinajstić information content (AvgIpc) is 2.79. The Hall–Kier alpha value is -2.47. The van der Waals surface area contributed by atoms with Crippen LogP contribution >= 0.6 is 0 Å². The van der Waals surface area contributed by atoms with Crippen LogP contribution in [0, 0.1) is 13.8 Å². The molecule has 2 heterocycles. The van der Waals surface area contributed by atoms with Crippen molar-refractivity contribution >= 4 is 10.8 Å². The molecule has 0 aliphatic carbocycles. The number of aliphatic hydroxyl groups excluding tert-OH is 1. The number of piperazine rings is 1. The van der Waals surface area contributed by atoms with Gasteiger partial charge in [0.1, 0.15) is 5.75 Å². The first-order valence-electron chi connectivity index (χ1n) is 11.1. The number of pyridine rings is 1. The number of ether oxygens (including phenoxy) is 1. The van der Waals surface area contributed by atoms with Crippen molar-refractivity contribution in [3.05, 3.63) is 71.0 Å². The zero-order valence-corrected chi connectivity index (χ0v) is 18.8. The third-order valence-electron chi connectivity index (χ3n) is 6.76. The standard InChI is InChI=1S/C26H33N3O2/c1-19-20(2)26(31-3)8-7-22(19)17-29-13-12-28(18-24(29)10-14-30)16-23-6-4-5-21-15-27-11-9-25(21)23/h4-9,11,15,24,30H,10,12-14,16-18H2,1-3H3. The lowest BCUT2D eigenvalue weighted by atomic mass is 9.99. The van der Waals surface area contributed by atoms with Crippen LogP contribution in [0.15, 0.2) is 48.8 Å². The molecule has 1 N–H and O–H groups in total. The predicted octanol–water partition coefficient (Wildman–Crippen LogP) is 3.93. The van der Waals surface area contributed by atoms with E-state index >= 15 is 0 Å². The fourth-order valence-electron chi connectivity index (χ4n) is 4.76. The molecule has 0 saturated carbocycles. The number of aliphatic hydroxyl groups is 1. The first-order valence-corrected chi connectivity index (χ1v) is 11.1. The van der Waals surface area contributed by atoms with E-state index in [0.717, 1.165) is 44.9 Å². The Kier molecular flexibility index (Phi) is 6.86. The van der Waals surface area contributed by atoms with Gasteiger partial charge in [-0.05, 0) is 60.0 Å². The Labute approximate surface area is 185 Å². The summed E-state index contributed by atoms with van der Waals surface area (Å²) in [6.45, 7) is 9.36. The minimum absolute atomic E-state index is 0.218. The SMILES string of the molecule is COc1ccc(CN2CCN(Cc3cccc4cnccc34)CC2CCO)c(C)c1C. The average molecular weight is 420 g/mol. The summed E-state index contributed by atoms with van der Waals surface area (Å²) in [6, 6.07) is 13.2. The maximum atomic E-state index is 9.72. The van der Waals surface area contributed by atoms with E-state index in [0.29, 0.717) is 6.04 Å². The molecule has 1 aliphatic heterocycles. The second-order valence-corrected chi connectivity index (χ2v) is 8.56. The topological polar surface area (TPSA) is 48.8 Å². The monoisotopic (exact) mass is 419 g/mol. The summed E-state index contributed by atoms with van der Waals surface area (Å²) in [6.07, 6.45) is 4.60. The van der Waals surface area contributed by atoms with E-state index in [1.165, 1.54) is 33.0 Å². The van der Waals surface area contributed by atoms with E-state index in [1.54, 1.807) is 7.11 Å². The van der Waals surface area contributed by atoms with Gasteiger partial charge in [-0.3, -0.25) is 14.8 Å². The number of hydrogen-bond donors (Lipinski definition) is 1. The Morgan fingerprint density at radius 2 is 1.90 bits per heavy atom. The quantitative estimate of drug-likeness (QED) is 0.629. The zero-order valence-electron chi connectivity index (χ0n) is 18.8. The van der Waals surface area contributed by atoms with Crippen LogP contribution in [0.25, 0.3) is 10.8 Å². The zero-order chi connectivity index (χ0) is 21.8. The van der Waals surface area contributed by atoms with Crippen molar-refractivity contribution in [3.8, 4) is 5.75 Å². The van der Waals surface area contributed by atoms with Crippen molar-refractivity contribution < 1.29 is 9.84 Å². The van der Waals surface area contributed by atoms with Crippen molar-refractivity contribution in [2.75, 3.05) is 33.4 Å². The molecule has 0 amide bonds. The van der Waals surface area contributed by atoms with Gasteiger partial charge in [0.05, 0.1) is 7.11 Å². The smallest absolute Gasteiger partial charge is 0.122 e. The fourth-order valence-corrected chi connectivity index (χ4v) is 4.76. The highest BCUT2D eigenvalue weighted by Gasteiger charge is 2.27. The van der Waals surface area contributed by atoms with Gasteiger partial charge in [-0.1, -0.05) is 24.3 Å². The summed E-state index contributed by atoms with van der Waals surface area (Å²) in [5.74, 6) is 0.947. The Bertz CT molecular complexity index is 1030. The number of aromatic nitrogens is 1. The van der Waals surface area contributed by atoms with Crippen molar-refractivity contribution in [3.63, 3.8) is 0 Å². The summed E-state index contributed by atoms with van der Waals surface area (Å²) in [5.41, 5.74) is 5.20. The minimum atomic E-state index is 0.218. The molecule has 2 aromatic carbocycles. The Morgan fingerprint density at radius 3 is 2.71 bits per heavy atom. The summed E-state index contributed by atoms with van der Waals surface area (Å²) in [5, 5.41) is 12.2. The van der Waals surface area contributed by atoms with Gasteiger partial charge >= 0.3 is 0 Å². The maximum Gasteiger partial charge on any atom is 0.122 e. The van der Waals surface area contributed by atoms with Gasteiger partial charge in [0.2, 0.25) is 0 Å². The molecule has 5 nitrogen and oxygen atoms in total. The van der Waals surface area contributed by atoms with E-state index in [1.807, 2.05) is 12.4 Å². The normalized spacial score (nSPS) is 17.9. The van der Waals surface area contributed by atoms with Crippen LogP contribution in [0.4, 0.5) is 0 Å². The molecule has 1 fully saturated rings. The molecule has 3 aromatic rings. The van der Waals surface area contributed by atoms with Gasteiger partial charge in [0, 0.05) is 63.2 Å². The molecule has 1 unspecified atom stereocenters. The summed E-state index contributed by atoms with van der Waals surface area (Å²) >= 11 is 0. The summed E-state index contributed by atoms with van der Waals surface area (Å²) in [4.78, 5) is 9.32. The molecule has 0 bridgehead atoms. The molecule has 164 valence electrons. The third kappa shape index (κ3) is 4.74. The van der Waals surface area contributed by atoms with Gasteiger partial charge in [-0.2, -0.15) is 0 Å². The van der Waals surface area contributed by atoms with Crippen LogP contribution in [-0.4, -0.2) is 59.3 Å².